The highest BCUT2D eigenvalue weighted by molar-refractivity contribution is 5.77. The van der Waals surface area contributed by atoms with Crippen LogP contribution < -0.4 is 5.73 Å². The molecule has 11 heteroatoms. The molecule has 0 saturated carbocycles. The lowest BCUT2D eigenvalue weighted by molar-refractivity contribution is -0.141. The molecule has 1 aliphatic heterocycles. The van der Waals surface area contributed by atoms with Crippen LogP contribution in [0, 0.1) is 11.6 Å². The third-order valence-electron chi connectivity index (χ3n) is 5.54. The summed E-state index contributed by atoms with van der Waals surface area (Å²) >= 11 is 0. The summed E-state index contributed by atoms with van der Waals surface area (Å²) in [5.74, 6) is -1.22. The minimum atomic E-state index is -4.54. The molecule has 6 nitrogen and oxygen atoms in total. The molecule has 2 aromatic heterocycles. The number of amides is 1. The van der Waals surface area contributed by atoms with Crippen molar-refractivity contribution in [2.45, 2.75) is 38.0 Å². The summed E-state index contributed by atoms with van der Waals surface area (Å²) in [5.41, 5.74) is 6.84. The molecule has 0 fully saturated rings. The first kappa shape index (κ1) is 23.7. The van der Waals surface area contributed by atoms with Crippen LogP contribution in [-0.2, 0) is 30.4 Å². The molecule has 0 radical (unpaired) electrons. The Kier molecular flexibility index (Phi) is 6.56. The van der Waals surface area contributed by atoms with Crippen LogP contribution >= 0.6 is 0 Å². The van der Waals surface area contributed by atoms with Crippen molar-refractivity contribution in [1.29, 1.82) is 0 Å². The van der Waals surface area contributed by atoms with Gasteiger partial charge in [0.2, 0.25) is 5.91 Å². The summed E-state index contributed by atoms with van der Waals surface area (Å²) in [6.07, 6.45) is -1.45. The van der Waals surface area contributed by atoms with E-state index in [1.54, 1.807) is 11.1 Å². The molecule has 1 aliphatic rings. The molecular weight excluding hydrogens is 457 g/mol. The standard InChI is InChI=1S/C23H20F5N5O/c24-16-2-3-18(25)15(7-16)8-17(29)9-21(34)33-6-5-13-10-31-22(32-19(13)12-33)14-1-4-20(30-11-14)23(26,27)28/h1-4,7,10-11,17H,5-6,8-9,12,29H2. The van der Waals surface area contributed by atoms with E-state index in [2.05, 4.69) is 15.0 Å². The van der Waals surface area contributed by atoms with Crippen LogP contribution in [-0.4, -0.2) is 38.3 Å². The van der Waals surface area contributed by atoms with Gasteiger partial charge >= 0.3 is 6.18 Å². The normalized spacial score (nSPS) is 14.6. The van der Waals surface area contributed by atoms with Gasteiger partial charge in [-0.15, -0.1) is 0 Å². The Labute approximate surface area is 191 Å². The first-order valence-electron chi connectivity index (χ1n) is 10.5. The van der Waals surface area contributed by atoms with Crippen LogP contribution in [0.25, 0.3) is 11.4 Å². The zero-order valence-corrected chi connectivity index (χ0v) is 17.8. The summed E-state index contributed by atoms with van der Waals surface area (Å²) in [4.78, 5) is 26.4. The summed E-state index contributed by atoms with van der Waals surface area (Å²) in [7, 11) is 0. The quantitative estimate of drug-likeness (QED) is 0.567. The van der Waals surface area contributed by atoms with Crippen molar-refractivity contribution < 1.29 is 26.7 Å². The van der Waals surface area contributed by atoms with Gasteiger partial charge in [0.05, 0.1) is 12.2 Å². The second-order valence-corrected chi connectivity index (χ2v) is 8.06. The number of nitrogens with zero attached hydrogens (tertiary/aromatic N) is 4. The van der Waals surface area contributed by atoms with Gasteiger partial charge in [0.1, 0.15) is 17.3 Å². The van der Waals surface area contributed by atoms with E-state index >= 15 is 0 Å². The van der Waals surface area contributed by atoms with Crippen molar-refractivity contribution in [1.82, 2.24) is 19.9 Å². The summed E-state index contributed by atoms with van der Waals surface area (Å²) in [6, 6.07) is 4.49. The summed E-state index contributed by atoms with van der Waals surface area (Å²) in [6.45, 7) is 0.593. The number of nitrogens with two attached hydrogens (primary N) is 1. The molecule has 3 heterocycles. The third kappa shape index (κ3) is 5.36. The number of alkyl halides is 3. The van der Waals surface area contributed by atoms with Gasteiger partial charge in [-0.2, -0.15) is 13.2 Å². The maximum Gasteiger partial charge on any atom is 0.433 e. The lowest BCUT2D eigenvalue weighted by Crippen LogP contribution is -2.40. The molecule has 0 bridgehead atoms. The second-order valence-electron chi connectivity index (χ2n) is 8.06. The zero-order chi connectivity index (χ0) is 24.5. The molecule has 0 saturated heterocycles. The Balaban J connectivity index is 1.43. The van der Waals surface area contributed by atoms with E-state index in [9.17, 15) is 26.7 Å². The van der Waals surface area contributed by atoms with Crippen LogP contribution in [0.1, 0.15) is 28.9 Å². The van der Waals surface area contributed by atoms with Crippen molar-refractivity contribution >= 4 is 5.91 Å². The lowest BCUT2D eigenvalue weighted by atomic mass is 10.0. The fourth-order valence-electron chi connectivity index (χ4n) is 3.76. The fraction of sp³-hybridized carbons (Fsp3) is 0.304. The predicted octanol–water partition coefficient (Wildman–Crippen LogP) is 3.68. The van der Waals surface area contributed by atoms with E-state index in [0.29, 0.717) is 24.2 Å². The molecule has 34 heavy (non-hydrogen) atoms. The first-order valence-corrected chi connectivity index (χ1v) is 10.5. The second kappa shape index (κ2) is 9.41. The molecule has 1 unspecified atom stereocenters. The molecule has 2 N–H and O–H groups in total. The average Bonchev–Trinajstić information content (AvgIpc) is 2.80. The molecule has 1 aromatic carbocycles. The Morgan fingerprint density at radius 1 is 1.12 bits per heavy atom. The monoisotopic (exact) mass is 477 g/mol. The van der Waals surface area contributed by atoms with Crippen molar-refractivity contribution in [3.63, 3.8) is 0 Å². The smallest absolute Gasteiger partial charge is 0.336 e. The Bertz CT molecular complexity index is 1200. The van der Waals surface area contributed by atoms with E-state index in [1.807, 2.05) is 0 Å². The van der Waals surface area contributed by atoms with Gasteiger partial charge < -0.3 is 10.6 Å². The number of carbonyl (C=O) groups is 1. The Morgan fingerprint density at radius 3 is 2.62 bits per heavy atom. The average molecular weight is 477 g/mol. The van der Waals surface area contributed by atoms with Gasteiger partial charge in [-0.05, 0) is 54.3 Å². The number of pyridine rings is 1. The third-order valence-corrected chi connectivity index (χ3v) is 5.54. The van der Waals surface area contributed by atoms with Crippen LogP contribution in [0.5, 0.6) is 0 Å². The minimum Gasteiger partial charge on any atom is -0.336 e. The van der Waals surface area contributed by atoms with E-state index in [4.69, 9.17) is 5.73 Å². The number of benzene rings is 1. The molecule has 178 valence electrons. The van der Waals surface area contributed by atoms with Gasteiger partial charge in [-0.3, -0.25) is 9.78 Å². The maximum absolute atomic E-state index is 13.9. The maximum atomic E-state index is 13.9. The van der Waals surface area contributed by atoms with Crippen molar-refractivity contribution in [3.05, 3.63) is 76.9 Å². The molecule has 4 rings (SSSR count). The number of aromatic nitrogens is 3. The Hall–Kier alpha value is -3.47. The van der Waals surface area contributed by atoms with Gasteiger partial charge in [0, 0.05) is 37.0 Å². The lowest BCUT2D eigenvalue weighted by Gasteiger charge is -2.29. The van der Waals surface area contributed by atoms with Crippen LogP contribution in [0.3, 0.4) is 0 Å². The van der Waals surface area contributed by atoms with Gasteiger partial charge in [-0.1, -0.05) is 0 Å². The number of fused-ring (bicyclic) bond motifs is 1. The van der Waals surface area contributed by atoms with Crippen LogP contribution in [0.4, 0.5) is 22.0 Å². The van der Waals surface area contributed by atoms with Gasteiger partial charge in [0.15, 0.2) is 5.82 Å². The number of hydrogen-bond donors (Lipinski definition) is 1. The molecule has 0 spiro atoms. The molecule has 3 aromatic rings. The SMILES string of the molecule is NC(CC(=O)N1CCc2cnc(-c3ccc(C(F)(F)F)nc3)nc2C1)Cc1cc(F)ccc1F. The number of carbonyl (C=O) groups excluding carboxylic acids is 1. The summed E-state index contributed by atoms with van der Waals surface area (Å²) < 4.78 is 65.4. The van der Waals surface area contributed by atoms with Gasteiger partial charge in [-0.25, -0.2) is 18.7 Å². The molecule has 1 atom stereocenters. The van der Waals surface area contributed by atoms with Gasteiger partial charge in [0.25, 0.3) is 0 Å². The molecule has 0 aliphatic carbocycles. The number of hydrogen-bond acceptors (Lipinski definition) is 5. The van der Waals surface area contributed by atoms with E-state index in [0.717, 1.165) is 36.0 Å². The summed E-state index contributed by atoms with van der Waals surface area (Å²) in [5, 5.41) is 0. The minimum absolute atomic E-state index is 0.00694. The Morgan fingerprint density at radius 2 is 1.91 bits per heavy atom. The van der Waals surface area contributed by atoms with Crippen molar-refractivity contribution in [2.75, 3.05) is 6.54 Å². The highest BCUT2D eigenvalue weighted by atomic mass is 19.4. The highest BCUT2D eigenvalue weighted by Crippen LogP contribution is 2.29. The molecule has 1 amide bonds. The highest BCUT2D eigenvalue weighted by Gasteiger charge is 2.32. The fourth-order valence-corrected chi connectivity index (χ4v) is 3.76. The van der Waals surface area contributed by atoms with Crippen LogP contribution in [0.2, 0.25) is 0 Å². The van der Waals surface area contributed by atoms with E-state index in [-0.39, 0.29) is 36.7 Å². The van der Waals surface area contributed by atoms with Crippen molar-refractivity contribution in [3.8, 4) is 11.4 Å². The largest absolute Gasteiger partial charge is 0.433 e. The van der Waals surface area contributed by atoms with Crippen LogP contribution in [0.15, 0.2) is 42.7 Å². The number of halogens is 5. The first-order chi connectivity index (χ1) is 16.1. The predicted molar refractivity (Wildman–Crippen MR) is 112 cm³/mol. The van der Waals surface area contributed by atoms with E-state index < -0.39 is 29.5 Å². The van der Waals surface area contributed by atoms with E-state index in [1.165, 1.54) is 6.07 Å². The van der Waals surface area contributed by atoms with Crippen molar-refractivity contribution in [2.24, 2.45) is 5.73 Å². The molecular formula is C23H20F5N5O. The number of rotatable bonds is 5. The zero-order valence-electron chi connectivity index (χ0n) is 17.8. The topological polar surface area (TPSA) is 85.0 Å².